The molecule has 1 aliphatic carbocycles. The zero-order valence-electron chi connectivity index (χ0n) is 18.0. The number of aromatic nitrogens is 3. The summed E-state index contributed by atoms with van der Waals surface area (Å²) >= 11 is 0. The molecule has 6 nitrogen and oxygen atoms in total. The molecule has 1 aliphatic rings. The lowest BCUT2D eigenvalue weighted by atomic mass is 9.66. The van der Waals surface area contributed by atoms with Crippen LogP contribution in [0.15, 0.2) is 53.9 Å². The van der Waals surface area contributed by atoms with Gasteiger partial charge in [-0.1, -0.05) is 6.42 Å². The molecule has 0 spiro atoms. The van der Waals surface area contributed by atoms with Crippen molar-refractivity contribution in [1.29, 1.82) is 0 Å². The van der Waals surface area contributed by atoms with Crippen LogP contribution in [0, 0.1) is 5.82 Å². The molecule has 160 valence electrons. The Morgan fingerprint density at radius 1 is 1.19 bits per heavy atom. The van der Waals surface area contributed by atoms with Crippen LogP contribution in [0.2, 0.25) is 0 Å². The molecule has 0 amide bonds. The van der Waals surface area contributed by atoms with Crippen LogP contribution >= 0.6 is 0 Å². The van der Waals surface area contributed by atoms with Gasteiger partial charge in [0.25, 0.3) is 0 Å². The van der Waals surface area contributed by atoms with E-state index in [2.05, 4.69) is 25.3 Å². The normalized spacial score (nSPS) is 15.3. The zero-order valence-corrected chi connectivity index (χ0v) is 18.0. The van der Waals surface area contributed by atoms with Crippen LogP contribution in [0.25, 0.3) is 11.3 Å². The highest BCUT2D eigenvalue weighted by Crippen LogP contribution is 2.43. The van der Waals surface area contributed by atoms with Gasteiger partial charge in [-0.3, -0.25) is 15.0 Å². The number of anilines is 1. The van der Waals surface area contributed by atoms with Crippen molar-refractivity contribution in [1.82, 2.24) is 15.0 Å². The molecule has 0 bridgehead atoms. The van der Waals surface area contributed by atoms with E-state index in [0.717, 1.165) is 47.5 Å². The van der Waals surface area contributed by atoms with Crippen molar-refractivity contribution in [3.63, 3.8) is 0 Å². The second kappa shape index (κ2) is 8.79. The first-order valence-electron chi connectivity index (χ1n) is 10.4. The summed E-state index contributed by atoms with van der Waals surface area (Å²) in [5, 5.41) is 3.42. The van der Waals surface area contributed by atoms with Crippen molar-refractivity contribution in [2.75, 3.05) is 26.0 Å². The number of nitrogens with one attached hydrogen (secondary N) is 1. The average molecular weight is 420 g/mol. The van der Waals surface area contributed by atoms with Crippen LogP contribution in [0.4, 0.5) is 10.1 Å². The van der Waals surface area contributed by atoms with Crippen LogP contribution in [0.3, 0.4) is 0 Å². The molecule has 7 heteroatoms. The van der Waals surface area contributed by atoms with E-state index >= 15 is 0 Å². The summed E-state index contributed by atoms with van der Waals surface area (Å²) in [6.07, 6.45) is 8.14. The topological polar surface area (TPSA) is 72.3 Å². The molecule has 31 heavy (non-hydrogen) atoms. The molecule has 1 N–H and O–H groups in total. The van der Waals surface area contributed by atoms with Crippen molar-refractivity contribution < 1.29 is 9.13 Å². The van der Waals surface area contributed by atoms with E-state index in [1.54, 1.807) is 38.8 Å². The van der Waals surface area contributed by atoms with Gasteiger partial charge in [0.1, 0.15) is 5.82 Å². The van der Waals surface area contributed by atoms with E-state index in [0.29, 0.717) is 18.1 Å². The van der Waals surface area contributed by atoms with E-state index in [9.17, 15) is 4.39 Å². The van der Waals surface area contributed by atoms with Crippen molar-refractivity contribution in [2.24, 2.45) is 4.99 Å². The molecule has 3 aromatic heterocycles. The largest absolute Gasteiger partial charge is 0.481 e. The Bertz CT molecular complexity index is 1090. The van der Waals surface area contributed by atoms with Crippen LogP contribution < -0.4 is 10.1 Å². The molecule has 0 unspecified atom stereocenters. The van der Waals surface area contributed by atoms with E-state index in [-0.39, 0.29) is 11.2 Å². The standard InChI is InChI=1S/C24H26FN5O/c1-16(26-2)19-12-17(13-29-23(19)31-3)21-8-7-18(14-28-21)30-15-24(9-5-10-24)22-20(25)6-4-11-27-22/h4,6-8,11-14,30H,5,9-10,15H2,1-3H3. The molecule has 0 atom stereocenters. The molecule has 0 radical (unpaired) electrons. The molecule has 1 saturated carbocycles. The third-order valence-electron chi connectivity index (χ3n) is 6.03. The highest BCUT2D eigenvalue weighted by molar-refractivity contribution is 6.01. The smallest absolute Gasteiger partial charge is 0.222 e. The van der Waals surface area contributed by atoms with Crippen molar-refractivity contribution >= 4 is 11.4 Å². The summed E-state index contributed by atoms with van der Waals surface area (Å²) in [5.74, 6) is 0.309. The summed E-state index contributed by atoms with van der Waals surface area (Å²) < 4.78 is 19.7. The van der Waals surface area contributed by atoms with Crippen molar-refractivity contribution in [3.05, 3.63) is 66.0 Å². The first-order valence-corrected chi connectivity index (χ1v) is 10.4. The first kappa shape index (κ1) is 20.9. The predicted octanol–water partition coefficient (Wildman–Crippen LogP) is 4.66. The van der Waals surface area contributed by atoms with Gasteiger partial charge in [0.2, 0.25) is 5.88 Å². The first-order chi connectivity index (χ1) is 15.1. The summed E-state index contributed by atoms with van der Waals surface area (Å²) in [6, 6.07) is 9.03. The minimum atomic E-state index is -0.254. The monoisotopic (exact) mass is 419 g/mol. The number of hydrogen-bond donors (Lipinski definition) is 1. The Kier molecular flexibility index (Phi) is 5.93. The third-order valence-corrected chi connectivity index (χ3v) is 6.03. The maximum atomic E-state index is 14.3. The fourth-order valence-electron chi connectivity index (χ4n) is 3.95. The number of methoxy groups -OCH3 is 1. The van der Waals surface area contributed by atoms with Gasteiger partial charge in [-0.15, -0.1) is 0 Å². The van der Waals surface area contributed by atoms with Crippen LogP contribution in [-0.2, 0) is 5.41 Å². The van der Waals surface area contributed by atoms with Crippen molar-refractivity contribution in [2.45, 2.75) is 31.6 Å². The Hall–Kier alpha value is -3.35. The van der Waals surface area contributed by atoms with Crippen LogP contribution in [0.5, 0.6) is 5.88 Å². The van der Waals surface area contributed by atoms with Gasteiger partial charge < -0.3 is 10.1 Å². The van der Waals surface area contributed by atoms with Crippen LogP contribution in [-0.4, -0.2) is 41.4 Å². The summed E-state index contributed by atoms with van der Waals surface area (Å²) in [7, 11) is 3.34. The lowest BCUT2D eigenvalue weighted by molar-refractivity contribution is 0.243. The molecule has 0 aromatic carbocycles. The molecule has 1 fully saturated rings. The number of hydrogen-bond acceptors (Lipinski definition) is 6. The van der Waals surface area contributed by atoms with Gasteiger partial charge in [0.15, 0.2) is 0 Å². The van der Waals surface area contributed by atoms with E-state index < -0.39 is 0 Å². The maximum Gasteiger partial charge on any atom is 0.222 e. The SMILES string of the molecule is CN=C(C)c1cc(-c2ccc(NCC3(c4ncccc4F)CCC3)cn2)cnc1OC. The lowest BCUT2D eigenvalue weighted by Crippen LogP contribution is -2.42. The molecule has 0 aliphatic heterocycles. The highest BCUT2D eigenvalue weighted by atomic mass is 19.1. The van der Waals surface area contributed by atoms with E-state index in [1.807, 2.05) is 25.1 Å². The molecule has 4 rings (SSSR count). The van der Waals surface area contributed by atoms with Gasteiger partial charge in [-0.2, -0.15) is 0 Å². The second-order valence-corrected chi connectivity index (χ2v) is 7.84. The lowest BCUT2D eigenvalue weighted by Gasteiger charge is -2.41. The Morgan fingerprint density at radius 3 is 2.65 bits per heavy atom. The summed E-state index contributed by atoms with van der Waals surface area (Å²) in [6.45, 7) is 2.55. The maximum absolute atomic E-state index is 14.3. The number of nitrogens with zero attached hydrogens (tertiary/aromatic N) is 4. The van der Waals surface area contributed by atoms with Gasteiger partial charge >= 0.3 is 0 Å². The summed E-state index contributed by atoms with van der Waals surface area (Å²) in [5.41, 5.74) is 4.57. The van der Waals surface area contributed by atoms with Gasteiger partial charge in [-0.05, 0) is 50.1 Å². The zero-order chi connectivity index (χ0) is 21.8. The number of halogens is 1. The molecule has 3 aromatic rings. The molecule has 0 saturated heterocycles. The Balaban J connectivity index is 1.51. The van der Waals surface area contributed by atoms with Gasteiger partial charge in [0, 0.05) is 42.7 Å². The number of ether oxygens (including phenoxy) is 1. The minimum absolute atomic E-state index is 0.230. The van der Waals surface area contributed by atoms with Crippen molar-refractivity contribution in [3.8, 4) is 17.1 Å². The molecular formula is C24H26FN5O. The number of pyridine rings is 3. The summed E-state index contributed by atoms with van der Waals surface area (Å²) in [4.78, 5) is 17.6. The minimum Gasteiger partial charge on any atom is -0.481 e. The Labute approximate surface area is 181 Å². The number of aliphatic imine (C=N–C) groups is 1. The van der Waals surface area contributed by atoms with Crippen LogP contribution in [0.1, 0.15) is 37.4 Å². The quantitative estimate of drug-likeness (QED) is 0.564. The van der Waals surface area contributed by atoms with Gasteiger partial charge in [0.05, 0.1) is 35.9 Å². The fourth-order valence-corrected chi connectivity index (χ4v) is 3.95. The van der Waals surface area contributed by atoms with E-state index in [4.69, 9.17) is 4.74 Å². The predicted molar refractivity (Wildman–Crippen MR) is 120 cm³/mol. The third kappa shape index (κ3) is 4.13. The van der Waals surface area contributed by atoms with E-state index in [1.165, 1.54) is 6.07 Å². The van der Waals surface area contributed by atoms with Gasteiger partial charge in [-0.25, -0.2) is 9.37 Å². The Morgan fingerprint density at radius 2 is 2.03 bits per heavy atom. The average Bonchev–Trinajstić information content (AvgIpc) is 2.79. The fraction of sp³-hybridized carbons (Fsp3) is 0.333. The second-order valence-electron chi connectivity index (χ2n) is 7.84. The number of rotatable bonds is 7. The molecular weight excluding hydrogens is 393 g/mol. The molecule has 3 heterocycles. The highest BCUT2D eigenvalue weighted by Gasteiger charge is 2.41.